The first-order chi connectivity index (χ1) is 29.6. The highest BCUT2D eigenvalue weighted by Gasteiger charge is 2.25. The Kier molecular flexibility index (Phi) is 6.83. The van der Waals surface area contributed by atoms with Gasteiger partial charge in [-0.05, 0) is 66.6 Å². The van der Waals surface area contributed by atoms with E-state index >= 15 is 0 Å². The van der Waals surface area contributed by atoms with Crippen molar-refractivity contribution in [2.75, 3.05) is 0 Å². The minimum Gasteiger partial charge on any atom is -0.308 e. The lowest BCUT2D eigenvalue weighted by Gasteiger charge is -2.18. The lowest BCUT2D eigenvalue weighted by atomic mass is 9.96. The van der Waals surface area contributed by atoms with Gasteiger partial charge in [-0.3, -0.25) is 0 Å². The number of rotatable bonds is 4. The lowest BCUT2D eigenvalue weighted by Crippen LogP contribution is -2.02. The predicted molar refractivity (Wildman–Crippen MR) is 252 cm³/mol. The summed E-state index contributed by atoms with van der Waals surface area (Å²) in [7, 11) is 0. The largest absolute Gasteiger partial charge is 0.308 e. The number of fused-ring (bicyclic) bond motifs is 13. The third-order valence-electron chi connectivity index (χ3n) is 13.0. The highest BCUT2D eigenvalue weighted by atomic mass is 15.0. The molecule has 0 aliphatic heterocycles. The minimum absolute atomic E-state index is 0.716. The molecule has 13 rings (SSSR count). The fourth-order valence-corrected chi connectivity index (χ4v) is 10.3. The van der Waals surface area contributed by atoms with Gasteiger partial charge in [0.1, 0.15) is 0 Å². The monoisotopic (exact) mass is 764 g/mol. The molecule has 4 heteroatoms. The highest BCUT2D eigenvalue weighted by Crippen LogP contribution is 2.48. The number of aromatic nitrogens is 4. The summed E-state index contributed by atoms with van der Waals surface area (Å²) < 4.78 is 5.01. The van der Waals surface area contributed by atoms with E-state index in [0.29, 0.717) is 5.82 Å². The molecule has 60 heavy (non-hydrogen) atoms. The van der Waals surface area contributed by atoms with E-state index in [9.17, 15) is 0 Å². The molecule has 0 fully saturated rings. The van der Waals surface area contributed by atoms with Crippen LogP contribution in [0.5, 0.6) is 0 Å². The van der Waals surface area contributed by atoms with E-state index in [-0.39, 0.29) is 0 Å². The summed E-state index contributed by atoms with van der Waals surface area (Å²) in [6.07, 6.45) is 0. The summed E-state index contributed by atoms with van der Waals surface area (Å²) in [5.41, 5.74) is 14.7. The van der Waals surface area contributed by atoms with Gasteiger partial charge < -0.3 is 8.97 Å². The maximum atomic E-state index is 5.42. The number of hydrogen-bond donors (Lipinski definition) is 0. The van der Waals surface area contributed by atoms with Crippen LogP contribution in [0.3, 0.4) is 0 Å². The van der Waals surface area contributed by atoms with Crippen LogP contribution >= 0.6 is 0 Å². The Bertz CT molecular complexity index is 3910. The summed E-state index contributed by atoms with van der Waals surface area (Å²) in [5, 5.41) is 12.4. The van der Waals surface area contributed by atoms with Crippen molar-refractivity contribution in [1.82, 2.24) is 18.9 Å². The first kappa shape index (κ1) is 33.2. The van der Waals surface area contributed by atoms with Crippen molar-refractivity contribution < 1.29 is 0 Å². The Morgan fingerprint density at radius 1 is 0.400 bits per heavy atom. The molecule has 4 nitrogen and oxygen atoms in total. The zero-order valence-corrected chi connectivity index (χ0v) is 33.1. The zero-order valence-electron chi connectivity index (χ0n) is 33.1. The van der Waals surface area contributed by atoms with Gasteiger partial charge in [-0.1, -0.05) is 146 Å². The quantitative estimate of drug-likeness (QED) is 0.179. The normalized spacial score (nSPS) is 12.2. The van der Waals surface area contributed by atoms with E-state index in [1.165, 1.54) is 76.2 Å². The molecule has 0 aliphatic rings. The second-order valence-electron chi connectivity index (χ2n) is 16.2. The van der Waals surface area contributed by atoms with E-state index in [2.05, 4.69) is 205 Å². The topological polar surface area (TPSA) is 35.1 Å². The van der Waals surface area contributed by atoms with Crippen molar-refractivity contribution in [3.63, 3.8) is 0 Å². The summed E-state index contributed by atoms with van der Waals surface area (Å²) >= 11 is 0. The smallest absolute Gasteiger partial charge is 0.161 e. The Labute approximate surface area is 345 Å². The molecule has 0 aliphatic carbocycles. The SMILES string of the molecule is Cc1ccccc1-c1nc(-c2ccc(-n3c4ccccc4c4ccc5cc6c7ccccc7n7c8ccccc8c(c5c43)c67)c3ccccc23)nc(-c2ccccc2)c1C. The van der Waals surface area contributed by atoms with Gasteiger partial charge in [0.2, 0.25) is 0 Å². The predicted octanol–water partition coefficient (Wildman–Crippen LogP) is 14.6. The van der Waals surface area contributed by atoms with E-state index < -0.39 is 0 Å². The maximum Gasteiger partial charge on any atom is 0.161 e. The van der Waals surface area contributed by atoms with Gasteiger partial charge in [0.25, 0.3) is 0 Å². The highest BCUT2D eigenvalue weighted by molar-refractivity contribution is 6.36. The standard InChI is InChI=1S/C56H36N4/c1-33-16-6-7-19-37(33)53-34(2)52(35-17-4-3-5-18-35)57-56(58-53)43-30-31-49(39-21-9-8-20-38(39)43)60-46-25-13-10-22-40(46)42-29-28-36-32-45-41-23-11-14-26-47(41)59-48-27-15-12-24-44(48)51(55(45)59)50(36)54(42)60/h3-32H,1-2H3. The second kappa shape index (κ2) is 12.3. The molecule has 4 aromatic heterocycles. The van der Waals surface area contributed by atoms with Crippen LogP contribution in [0, 0.1) is 13.8 Å². The molecule has 9 aromatic carbocycles. The van der Waals surface area contributed by atoms with Crippen LogP contribution in [-0.4, -0.2) is 18.9 Å². The minimum atomic E-state index is 0.716. The number of para-hydroxylation sites is 3. The van der Waals surface area contributed by atoms with Crippen LogP contribution in [0.15, 0.2) is 182 Å². The summed E-state index contributed by atoms with van der Waals surface area (Å²) in [4.78, 5) is 10.8. The van der Waals surface area contributed by atoms with Crippen molar-refractivity contribution in [2.24, 2.45) is 0 Å². The first-order valence-corrected chi connectivity index (χ1v) is 20.7. The molecule has 0 N–H and O–H groups in total. The summed E-state index contributed by atoms with van der Waals surface area (Å²) in [6.45, 7) is 4.31. The number of benzene rings is 9. The van der Waals surface area contributed by atoms with Crippen LogP contribution in [0.1, 0.15) is 11.1 Å². The molecule has 4 heterocycles. The zero-order chi connectivity index (χ0) is 39.6. The van der Waals surface area contributed by atoms with E-state index in [4.69, 9.17) is 9.97 Å². The van der Waals surface area contributed by atoms with Gasteiger partial charge in [0.05, 0.1) is 44.7 Å². The van der Waals surface area contributed by atoms with Crippen molar-refractivity contribution in [2.45, 2.75) is 13.8 Å². The van der Waals surface area contributed by atoms with Gasteiger partial charge in [-0.15, -0.1) is 0 Å². The van der Waals surface area contributed by atoms with Gasteiger partial charge >= 0.3 is 0 Å². The molecule has 0 unspecified atom stereocenters. The molecule has 0 amide bonds. The third kappa shape index (κ3) is 4.45. The average Bonchev–Trinajstić information content (AvgIpc) is 3.94. The van der Waals surface area contributed by atoms with Crippen LogP contribution in [0.25, 0.3) is 121 Å². The van der Waals surface area contributed by atoms with Crippen molar-refractivity contribution in [3.05, 3.63) is 193 Å². The van der Waals surface area contributed by atoms with Crippen LogP contribution < -0.4 is 0 Å². The van der Waals surface area contributed by atoms with E-state index in [0.717, 1.165) is 50.1 Å². The third-order valence-corrected chi connectivity index (χ3v) is 13.0. The molecular formula is C56H36N4. The Morgan fingerprint density at radius 3 is 1.80 bits per heavy atom. The molecular weight excluding hydrogens is 729 g/mol. The molecule has 13 aromatic rings. The second-order valence-corrected chi connectivity index (χ2v) is 16.2. The molecule has 280 valence electrons. The molecule has 0 spiro atoms. The van der Waals surface area contributed by atoms with Crippen LogP contribution in [0.4, 0.5) is 0 Å². The number of hydrogen-bond acceptors (Lipinski definition) is 2. The van der Waals surface area contributed by atoms with Gasteiger partial charge in [-0.25, -0.2) is 9.97 Å². The van der Waals surface area contributed by atoms with Crippen molar-refractivity contribution in [3.8, 4) is 39.6 Å². The van der Waals surface area contributed by atoms with Gasteiger partial charge in [-0.2, -0.15) is 0 Å². The Morgan fingerprint density at radius 2 is 1.02 bits per heavy atom. The average molecular weight is 765 g/mol. The lowest BCUT2D eigenvalue weighted by molar-refractivity contribution is 1.14. The fourth-order valence-electron chi connectivity index (χ4n) is 10.3. The van der Waals surface area contributed by atoms with Crippen LogP contribution in [-0.2, 0) is 0 Å². The van der Waals surface area contributed by atoms with Gasteiger partial charge in [0.15, 0.2) is 5.82 Å². The van der Waals surface area contributed by atoms with E-state index in [1.807, 2.05) is 0 Å². The maximum absolute atomic E-state index is 5.42. The van der Waals surface area contributed by atoms with Gasteiger partial charge in [0, 0.05) is 65.3 Å². The van der Waals surface area contributed by atoms with Crippen molar-refractivity contribution in [1.29, 1.82) is 0 Å². The number of nitrogens with zero attached hydrogens (tertiary/aromatic N) is 4. The molecule has 0 bridgehead atoms. The van der Waals surface area contributed by atoms with E-state index in [1.54, 1.807) is 0 Å². The molecule has 0 radical (unpaired) electrons. The summed E-state index contributed by atoms with van der Waals surface area (Å²) in [5.74, 6) is 0.716. The first-order valence-electron chi connectivity index (χ1n) is 20.7. The molecule has 0 saturated heterocycles. The number of aryl methyl sites for hydroxylation is 1. The Hall–Kier alpha value is -7.82. The Balaban J connectivity index is 1.15. The molecule has 0 atom stereocenters. The molecule has 0 saturated carbocycles. The fraction of sp³-hybridized carbons (Fsp3) is 0.0357. The summed E-state index contributed by atoms with van der Waals surface area (Å²) in [6, 6.07) is 66.1. The van der Waals surface area contributed by atoms with Crippen molar-refractivity contribution >= 4 is 81.4 Å². The van der Waals surface area contributed by atoms with Crippen LogP contribution in [0.2, 0.25) is 0 Å².